The summed E-state index contributed by atoms with van der Waals surface area (Å²) in [6.45, 7) is 0. The molecule has 0 fully saturated rings. The van der Waals surface area contributed by atoms with E-state index in [2.05, 4.69) is 41.8 Å². The first-order valence-corrected chi connectivity index (χ1v) is 8.23. The van der Waals surface area contributed by atoms with Crippen molar-refractivity contribution in [2.75, 3.05) is 10.5 Å². The Balaban J connectivity index is 2.46. The number of hydrogen-bond acceptors (Lipinski definition) is 5. The van der Waals surface area contributed by atoms with Crippen LogP contribution in [0.1, 0.15) is 0 Å². The number of sulfonamides is 1. The molecule has 21 heavy (non-hydrogen) atoms. The molecule has 0 unspecified atom stereocenters. The number of nitrogens with one attached hydrogen (secondary N) is 1. The molecule has 0 saturated carbocycles. The molecule has 0 atom stereocenters. The average molecular weight is 444 g/mol. The van der Waals surface area contributed by atoms with Gasteiger partial charge in [-0.05, 0) is 44.0 Å². The summed E-state index contributed by atoms with van der Waals surface area (Å²) in [5.74, 6) is -2.57. The Morgan fingerprint density at radius 1 is 1.24 bits per heavy atom. The Hall–Kier alpha value is -1.33. The standard InChI is InChI=1S/C10H6Br2F2N4O2S/c11-6-3-16-10(9(12)17-6)18-21(19,20)5-2-1-4(13)8(15)7(5)14/h1-3H,15H2,(H,16,18). The van der Waals surface area contributed by atoms with E-state index in [1.807, 2.05) is 4.72 Å². The largest absolute Gasteiger partial charge is 0.394 e. The third kappa shape index (κ3) is 3.30. The van der Waals surface area contributed by atoms with Gasteiger partial charge in [0.25, 0.3) is 10.0 Å². The number of benzene rings is 1. The van der Waals surface area contributed by atoms with Gasteiger partial charge in [0.2, 0.25) is 0 Å². The molecular weight excluding hydrogens is 438 g/mol. The summed E-state index contributed by atoms with van der Waals surface area (Å²) >= 11 is 6.06. The van der Waals surface area contributed by atoms with Crippen molar-refractivity contribution >= 4 is 53.4 Å². The summed E-state index contributed by atoms with van der Waals surface area (Å²) in [6, 6.07) is 1.53. The predicted octanol–water partition coefficient (Wildman–Crippen LogP) is 2.66. The molecular formula is C10H6Br2F2N4O2S. The van der Waals surface area contributed by atoms with Crippen molar-refractivity contribution in [2.24, 2.45) is 0 Å². The second kappa shape index (κ2) is 5.81. The third-order valence-electron chi connectivity index (χ3n) is 2.31. The molecule has 112 valence electrons. The Kier molecular flexibility index (Phi) is 4.44. The summed E-state index contributed by atoms with van der Waals surface area (Å²) in [5.41, 5.74) is 4.26. The highest BCUT2D eigenvalue weighted by atomic mass is 79.9. The van der Waals surface area contributed by atoms with Gasteiger partial charge in [-0.2, -0.15) is 0 Å². The molecule has 2 aromatic rings. The zero-order valence-corrected chi connectivity index (χ0v) is 13.9. The topological polar surface area (TPSA) is 98.0 Å². The molecule has 11 heteroatoms. The van der Waals surface area contributed by atoms with E-state index in [4.69, 9.17) is 5.73 Å². The Morgan fingerprint density at radius 3 is 2.52 bits per heavy atom. The van der Waals surface area contributed by atoms with E-state index in [-0.39, 0.29) is 10.4 Å². The quantitative estimate of drug-likeness (QED) is 0.710. The lowest BCUT2D eigenvalue weighted by atomic mass is 10.3. The number of nitrogens with two attached hydrogens (primary N) is 1. The summed E-state index contributed by atoms with van der Waals surface area (Å²) in [6.07, 6.45) is 1.25. The van der Waals surface area contributed by atoms with E-state index in [1.54, 1.807) is 0 Å². The molecule has 2 rings (SSSR count). The molecule has 0 aliphatic rings. The minimum Gasteiger partial charge on any atom is -0.394 e. The zero-order valence-electron chi connectivity index (χ0n) is 9.94. The van der Waals surface area contributed by atoms with Crippen molar-refractivity contribution in [3.8, 4) is 0 Å². The van der Waals surface area contributed by atoms with Gasteiger partial charge in [-0.3, -0.25) is 4.72 Å². The van der Waals surface area contributed by atoms with Crippen LogP contribution in [0.2, 0.25) is 0 Å². The maximum atomic E-state index is 13.8. The fourth-order valence-electron chi connectivity index (χ4n) is 1.35. The smallest absolute Gasteiger partial charge is 0.266 e. The number of anilines is 2. The fraction of sp³-hybridized carbons (Fsp3) is 0. The lowest BCUT2D eigenvalue weighted by molar-refractivity contribution is 0.557. The summed E-state index contributed by atoms with van der Waals surface area (Å²) < 4.78 is 53.5. The number of hydrogen-bond donors (Lipinski definition) is 2. The minimum absolute atomic E-state index is 0.0935. The molecule has 1 aromatic carbocycles. The van der Waals surface area contributed by atoms with Crippen LogP contribution < -0.4 is 10.5 Å². The van der Waals surface area contributed by atoms with Crippen LogP contribution in [0, 0.1) is 11.6 Å². The monoisotopic (exact) mass is 442 g/mol. The highest BCUT2D eigenvalue weighted by molar-refractivity contribution is 9.11. The summed E-state index contributed by atoms with van der Waals surface area (Å²) in [7, 11) is -4.34. The normalized spacial score (nSPS) is 11.4. The van der Waals surface area contributed by atoms with Crippen LogP contribution in [0.15, 0.2) is 32.4 Å². The number of halogens is 4. The van der Waals surface area contributed by atoms with Crippen LogP contribution in [-0.4, -0.2) is 18.4 Å². The SMILES string of the molecule is Nc1c(F)ccc(S(=O)(=O)Nc2ncc(Br)nc2Br)c1F. The minimum atomic E-state index is -4.34. The van der Waals surface area contributed by atoms with Gasteiger partial charge in [-0.25, -0.2) is 27.2 Å². The van der Waals surface area contributed by atoms with Gasteiger partial charge >= 0.3 is 0 Å². The molecule has 3 N–H and O–H groups in total. The van der Waals surface area contributed by atoms with Crippen molar-refractivity contribution in [1.82, 2.24) is 9.97 Å². The first kappa shape index (κ1) is 16.0. The maximum absolute atomic E-state index is 13.8. The lowest BCUT2D eigenvalue weighted by Crippen LogP contribution is -2.17. The third-order valence-corrected chi connectivity index (χ3v) is 4.60. The summed E-state index contributed by atoms with van der Waals surface area (Å²) in [4.78, 5) is 6.86. The lowest BCUT2D eigenvalue weighted by Gasteiger charge is -2.10. The van der Waals surface area contributed by atoms with Crippen LogP contribution in [0.4, 0.5) is 20.3 Å². The van der Waals surface area contributed by atoms with Gasteiger partial charge in [0, 0.05) is 0 Å². The number of nitrogens with zero attached hydrogens (tertiary/aromatic N) is 2. The van der Waals surface area contributed by atoms with E-state index in [9.17, 15) is 17.2 Å². The second-order valence-electron chi connectivity index (χ2n) is 3.71. The molecule has 0 radical (unpaired) electrons. The Morgan fingerprint density at radius 2 is 1.90 bits per heavy atom. The first-order chi connectivity index (χ1) is 9.72. The van der Waals surface area contributed by atoms with E-state index in [0.29, 0.717) is 4.60 Å². The molecule has 0 bridgehead atoms. The van der Waals surface area contributed by atoms with Crippen LogP contribution in [-0.2, 0) is 10.0 Å². The zero-order chi connectivity index (χ0) is 15.8. The van der Waals surface area contributed by atoms with Crippen molar-refractivity contribution < 1.29 is 17.2 Å². The molecule has 0 saturated heterocycles. The number of nitrogen functional groups attached to an aromatic ring is 1. The second-order valence-corrected chi connectivity index (χ2v) is 6.93. The molecule has 0 spiro atoms. The van der Waals surface area contributed by atoms with Crippen molar-refractivity contribution in [3.63, 3.8) is 0 Å². The molecule has 0 aliphatic heterocycles. The van der Waals surface area contributed by atoms with Crippen molar-refractivity contribution in [3.05, 3.63) is 39.2 Å². The fourth-order valence-corrected chi connectivity index (χ4v) is 3.50. The van der Waals surface area contributed by atoms with Crippen LogP contribution in [0.25, 0.3) is 0 Å². The highest BCUT2D eigenvalue weighted by Crippen LogP contribution is 2.26. The highest BCUT2D eigenvalue weighted by Gasteiger charge is 2.24. The predicted molar refractivity (Wildman–Crippen MR) is 79.0 cm³/mol. The van der Waals surface area contributed by atoms with Gasteiger partial charge in [-0.1, -0.05) is 0 Å². The van der Waals surface area contributed by atoms with Crippen LogP contribution >= 0.6 is 31.9 Å². The van der Waals surface area contributed by atoms with Gasteiger partial charge in [-0.15, -0.1) is 0 Å². The van der Waals surface area contributed by atoms with Crippen LogP contribution in [0.3, 0.4) is 0 Å². The van der Waals surface area contributed by atoms with E-state index < -0.39 is 32.2 Å². The van der Waals surface area contributed by atoms with Crippen molar-refractivity contribution in [1.29, 1.82) is 0 Å². The Labute approximate surface area is 135 Å². The van der Waals surface area contributed by atoms with Gasteiger partial charge in [0.1, 0.15) is 21.0 Å². The van der Waals surface area contributed by atoms with Gasteiger partial charge < -0.3 is 5.73 Å². The molecule has 1 aromatic heterocycles. The van der Waals surface area contributed by atoms with Gasteiger partial charge in [0.15, 0.2) is 16.2 Å². The number of rotatable bonds is 3. The molecule has 0 amide bonds. The van der Waals surface area contributed by atoms with Crippen molar-refractivity contribution in [2.45, 2.75) is 4.90 Å². The van der Waals surface area contributed by atoms with E-state index >= 15 is 0 Å². The van der Waals surface area contributed by atoms with Crippen LogP contribution in [0.5, 0.6) is 0 Å². The Bertz CT molecular complexity index is 817. The maximum Gasteiger partial charge on any atom is 0.266 e. The van der Waals surface area contributed by atoms with E-state index in [0.717, 1.165) is 12.1 Å². The first-order valence-electron chi connectivity index (χ1n) is 5.16. The average Bonchev–Trinajstić information content (AvgIpc) is 2.39. The summed E-state index contributed by atoms with van der Waals surface area (Å²) in [5, 5.41) is 0. The molecule has 6 nitrogen and oxygen atoms in total. The molecule has 1 heterocycles. The molecule has 0 aliphatic carbocycles. The van der Waals surface area contributed by atoms with Gasteiger partial charge in [0.05, 0.1) is 6.20 Å². The van der Waals surface area contributed by atoms with E-state index in [1.165, 1.54) is 6.20 Å². The number of aromatic nitrogens is 2.